The summed E-state index contributed by atoms with van der Waals surface area (Å²) < 4.78 is 5.49. The highest BCUT2D eigenvalue weighted by molar-refractivity contribution is 5.90. The van der Waals surface area contributed by atoms with Crippen LogP contribution in [0.25, 0.3) is 0 Å². The Morgan fingerprint density at radius 1 is 1.47 bits per heavy atom. The van der Waals surface area contributed by atoms with E-state index in [9.17, 15) is 4.79 Å². The lowest BCUT2D eigenvalue weighted by molar-refractivity contribution is -0.143. The lowest BCUT2D eigenvalue weighted by Gasteiger charge is -2.51. The average molecular weight is 234 g/mol. The van der Waals surface area contributed by atoms with Crippen LogP contribution in [-0.2, 0) is 9.53 Å². The second kappa shape index (κ2) is 3.60. The van der Waals surface area contributed by atoms with Gasteiger partial charge in [-0.3, -0.25) is 0 Å². The van der Waals surface area contributed by atoms with Gasteiger partial charge in [-0.25, -0.2) is 4.79 Å². The number of fused-ring (bicyclic) bond motifs is 2. The molecule has 0 aromatic rings. The van der Waals surface area contributed by atoms with Crippen LogP contribution in [0.2, 0.25) is 0 Å². The Morgan fingerprint density at radius 3 is 3.00 bits per heavy atom. The first-order chi connectivity index (χ1) is 8.01. The summed E-state index contributed by atoms with van der Waals surface area (Å²) in [6.45, 7) is 8.71. The van der Waals surface area contributed by atoms with Crippen LogP contribution in [0, 0.1) is 23.2 Å². The fourth-order valence-corrected chi connectivity index (χ4v) is 4.55. The van der Waals surface area contributed by atoms with E-state index < -0.39 is 0 Å². The smallest absolute Gasteiger partial charge is 0.334 e. The van der Waals surface area contributed by atoms with Crippen molar-refractivity contribution in [3.8, 4) is 0 Å². The van der Waals surface area contributed by atoms with Crippen molar-refractivity contribution in [2.45, 2.75) is 52.1 Å². The predicted molar refractivity (Wildman–Crippen MR) is 66.4 cm³/mol. The molecule has 0 aromatic heterocycles. The summed E-state index contributed by atoms with van der Waals surface area (Å²) in [7, 11) is 0. The summed E-state index contributed by atoms with van der Waals surface area (Å²) in [6.07, 6.45) is 6.28. The monoisotopic (exact) mass is 234 g/mol. The first kappa shape index (κ1) is 11.3. The van der Waals surface area contributed by atoms with Crippen molar-refractivity contribution in [1.29, 1.82) is 0 Å². The Bertz CT molecular complexity index is 373. The van der Waals surface area contributed by atoms with Crippen LogP contribution < -0.4 is 0 Å². The molecule has 3 rings (SSSR count). The van der Waals surface area contributed by atoms with Crippen LogP contribution in [0.4, 0.5) is 0 Å². The zero-order valence-electron chi connectivity index (χ0n) is 10.9. The average Bonchev–Trinajstić information content (AvgIpc) is 2.52. The van der Waals surface area contributed by atoms with Crippen LogP contribution in [0.15, 0.2) is 12.2 Å². The number of esters is 1. The van der Waals surface area contributed by atoms with E-state index >= 15 is 0 Å². The minimum absolute atomic E-state index is 0.126. The molecule has 0 spiro atoms. The van der Waals surface area contributed by atoms with E-state index in [-0.39, 0.29) is 12.1 Å². The number of hydrogen-bond acceptors (Lipinski definition) is 2. The molecule has 1 aliphatic heterocycles. The Kier molecular flexibility index (Phi) is 2.39. The maximum absolute atomic E-state index is 11.6. The van der Waals surface area contributed by atoms with Crippen LogP contribution in [0.1, 0.15) is 46.0 Å². The van der Waals surface area contributed by atoms with Gasteiger partial charge in [0.25, 0.3) is 0 Å². The van der Waals surface area contributed by atoms with Crippen LogP contribution >= 0.6 is 0 Å². The molecule has 0 N–H and O–H groups in total. The molecule has 0 radical (unpaired) electrons. The number of ether oxygens (including phenoxy) is 1. The molecule has 0 bridgehead atoms. The van der Waals surface area contributed by atoms with Crippen molar-refractivity contribution in [2.75, 3.05) is 0 Å². The minimum Gasteiger partial charge on any atom is -0.458 e. The largest absolute Gasteiger partial charge is 0.458 e. The van der Waals surface area contributed by atoms with Gasteiger partial charge in [-0.2, -0.15) is 0 Å². The molecule has 2 nitrogen and oxygen atoms in total. The summed E-state index contributed by atoms with van der Waals surface area (Å²) in [4.78, 5) is 11.6. The molecule has 17 heavy (non-hydrogen) atoms. The standard InChI is InChI=1S/C15H22O2/c1-9-5-4-6-15(3)8-13-11(7-12(9)15)10(2)14(16)17-13/h9,11-13H,2,4-8H2,1,3H3. The third-order valence-corrected chi connectivity index (χ3v) is 5.58. The highest BCUT2D eigenvalue weighted by Gasteiger charge is 2.53. The van der Waals surface area contributed by atoms with Crippen molar-refractivity contribution >= 4 is 5.97 Å². The first-order valence-electron chi connectivity index (χ1n) is 6.91. The summed E-state index contributed by atoms with van der Waals surface area (Å²) in [6, 6.07) is 0. The molecule has 5 atom stereocenters. The highest BCUT2D eigenvalue weighted by Crippen LogP contribution is 2.56. The van der Waals surface area contributed by atoms with Gasteiger partial charge in [0.05, 0.1) is 0 Å². The molecular formula is C15H22O2. The third kappa shape index (κ3) is 1.56. The topological polar surface area (TPSA) is 26.3 Å². The zero-order valence-corrected chi connectivity index (χ0v) is 10.9. The predicted octanol–water partition coefficient (Wildman–Crippen LogP) is 3.32. The SMILES string of the molecule is C=C1C(=O)OC2CC3(C)CCCC(C)C3CC12. The number of hydrogen-bond donors (Lipinski definition) is 0. The Labute approximate surface area is 103 Å². The third-order valence-electron chi connectivity index (χ3n) is 5.58. The maximum atomic E-state index is 11.6. The van der Waals surface area contributed by atoms with Crippen molar-refractivity contribution in [2.24, 2.45) is 23.2 Å². The quantitative estimate of drug-likeness (QED) is 0.475. The van der Waals surface area contributed by atoms with Crippen molar-refractivity contribution in [1.82, 2.24) is 0 Å². The van der Waals surface area contributed by atoms with Gasteiger partial charge >= 0.3 is 5.97 Å². The van der Waals surface area contributed by atoms with Crippen LogP contribution in [0.3, 0.4) is 0 Å². The molecule has 2 aliphatic carbocycles. The second-order valence-corrected chi connectivity index (χ2v) is 6.65. The highest BCUT2D eigenvalue weighted by atomic mass is 16.6. The van der Waals surface area contributed by atoms with E-state index in [1.165, 1.54) is 19.3 Å². The van der Waals surface area contributed by atoms with Gasteiger partial charge in [0.15, 0.2) is 0 Å². The van der Waals surface area contributed by atoms with E-state index in [2.05, 4.69) is 20.4 Å². The van der Waals surface area contributed by atoms with E-state index in [0.717, 1.165) is 30.3 Å². The fraction of sp³-hybridized carbons (Fsp3) is 0.800. The number of rotatable bonds is 0. The molecule has 3 aliphatic rings. The van der Waals surface area contributed by atoms with Gasteiger partial charge in [0.1, 0.15) is 6.10 Å². The molecular weight excluding hydrogens is 212 g/mol. The van der Waals surface area contributed by atoms with E-state index in [0.29, 0.717) is 11.3 Å². The van der Waals surface area contributed by atoms with Gasteiger partial charge in [-0.1, -0.05) is 33.3 Å². The number of carbonyl (C=O) groups excluding carboxylic acids is 1. The van der Waals surface area contributed by atoms with Gasteiger partial charge in [-0.05, 0) is 36.5 Å². The van der Waals surface area contributed by atoms with E-state index in [1.807, 2.05) is 0 Å². The molecule has 5 unspecified atom stereocenters. The summed E-state index contributed by atoms with van der Waals surface area (Å²) >= 11 is 0. The molecule has 0 aromatic carbocycles. The van der Waals surface area contributed by atoms with Crippen molar-refractivity contribution in [3.05, 3.63) is 12.2 Å². The van der Waals surface area contributed by atoms with E-state index in [1.54, 1.807) is 0 Å². The Morgan fingerprint density at radius 2 is 2.24 bits per heavy atom. The van der Waals surface area contributed by atoms with Crippen LogP contribution in [-0.4, -0.2) is 12.1 Å². The fourth-order valence-electron chi connectivity index (χ4n) is 4.55. The van der Waals surface area contributed by atoms with Gasteiger partial charge in [0, 0.05) is 11.5 Å². The Balaban J connectivity index is 1.88. The molecule has 3 fully saturated rings. The summed E-state index contributed by atoms with van der Waals surface area (Å²) in [5.74, 6) is 1.71. The normalized spacial score (nSPS) is 49.5. The minimum atomic E-state index is -0.144. The molecule has 2 heteroatoms. The van der Waals surface area contributed by atoms with Gasteiger partial charge < -0.3 is 4.74 Å². The summed E-state index contributed by atoms with van der Waals surface area (Å²) in [5, 5.41) is 0. The molecule has 1 saturated heterocycles. The van der Waals surface area contributed by atoms with Gasteiger partial charge in [-0.15, -0.1) is 0 Å². The molecule has 0 amide bonds. The van der Waals surface area contributed by atoms with Crippen molar-refractivity contribution < 1.29 is 9.53 Å². The Hall–Kier alpha value is -0.790. The second-order valence-electron chi connectivity index (χ2n) is 6.65. The molecule has 1 heterocycles. The zero-order chi connectivity index (χ0) is 12.2. The maximum Gasteiger partial charge on any atom is 0.334 e. The number of carbonyl (C=O) groups is 1. The van der Waals surface area contributed by atoms with E-state index in [4.69, 9.17) is 4.74 Å². The molecule has 94 valence electrons. The lowest BCUT2D eigenvalue weighted by Crippen LogP contribution is -2.45. The van der Waals surface area contributed by atoms with Crippen LogP contribution in [0.5, 0.6) is 0 Å². The molecule has 2 saturated carbocycles. The lowest BCUT2D eigenvalue weighted by atomic mass is 9.54. The van der Waals surface area contributed by atoms with Gasteiger partial charge in [0.2, 0.25) is 0 Å². The first-order valence-corrected chi connectivity index (χ1v) is 6.91. The van der Waals surface area contributed by atoms with Crippen molar-refractivity contribution in [3.63, 3.8) is 0 Å². The summed E-state index contributed by atoms with van der Waals surface area (Å²) in [5.41, 5.74) is 1.12.